The van der Waals surface area contributed by atoms with Crippen molar-refractivity contribution < 1.29 is 8.42 Å². The van der Waals surface area contributed by atoms with Crippen LogP contribution in [0.3, 0.4) is 0 Å². The Kier molecular flexibility index (Phi) is 6.40. The summed E-state index contributed by atoms with van der Waals surface area (Å²) in [6, 6.07) is 0. The molecule has 1 fully saturated rings. The second kappa shape index (κ2) is 7.31. The average Bonchev–Trinajstić information content (AvgIpc) is 2.77. The molecule has 0 radical (unpaired) electrons. The summed E-state index contributed by atoms with van der Waals surface area (Å²) < 4.78 is 26.2. The molecular weight excluding hydrogens is 238 g/mol. The first-order valence-electron chi connectivity index (χ1n) is 6.41. The first-order chi connectivity index (χ1) is 8.06. The van der Waals surface area contributed by atoms with Crippen molar-refractivity contribution in [2.45, 2.75) is 31.4 Å². The Balaban J connectivity index is 2.16. The molecule has 0 saturated carbocycles. The molecule has 0 aliphatic carbocycles. The Hall–Kier alpha value is -0.170. The van der Waals surface area contributed by atoms with E-state index in [4.69, 9.17) is 0 Å². The van der Waals surface area contributed by atoms with Gasteiger partial charge in [0, 0.05) is 13.1 Å². The van der Waals surface area contributed by atoms with Gasteiger partial charge in [-0.2, -0.15) is 0 Å². The maximum Gasteiger partial charge on any atom is 0.215 e. The summed E-state index contributed by atoms with van der Waals surface area (Å²) in [6.07, 6.45) is 3.46. The van der Waals surface area contributed by atoms with Crippen LogP contribution in [0.1, 0.15) is 26.2 Å². The minimum atomic E-state index is -3.15. The van der Waals surface area contributed by atoms with E-state index in [1.165, 1.54) is 25.9 Å². The molecule has 2 N–H and O–H groups in total. The zero-order chi connectivity index (χ0) is 12.7. The van der Waals surface area contributed by atoms with Gasteiger partial charge < -0.3 is 10.2 Å². The predicted molar refractivity (Wildman–Crippen MR) is 70.6 cm³/mol. The van der Waals surface area contributed by atoms with Crippen molar-refractivity contribution in [1.29, 1.82) is 0 Å². The summed E-state index contributed by atoms with van der Waals surface area (Å²) in [5.74, 6) is 0. The Labute approximate surface area is 105 Å². The van der Waals surface area contributed by atoms with Crippen molar-refractivity contribution in [3.05, 3.63) is 0 Å². The van der Waals surface area contributed by atoms with E-state index in [-0.39, 0.29) is 5.25 Å². The quantitative estimate of drug-likeness (QED) is 0.605. The molecule has 0 aromatic rings. The first-order valence-corrected chi connectivity index (χ1v) is 7.96. The highest BCUT2D eigenvalue weighted by molar-refractivity contribution is 7.90. The van der Waals surface area contributed by atoms with Gasteiger partial charge in [-0.15, -0.1) is 0 Å². The molecule has 1 saturated heterocycles. The number of rotatable bonds is 8. The Morgan fingerprint density at radius 3 is 2.53 bits per heavy atom. The molecule has 0 spiro atoms. The van der Waals surface area contributed by atoms with Crippen LogP contribution in [0.25, 0.3) is 0 Å². The van der Waals surface area contributed by atoms with E-state index in [1.54, 1.807) is 14.0 Å². The van der Waals surface area contributed by atoms with Gasteiger partial charge in [0.05, 0.1) is 5.25 Å². The van der Waals surface area contributed by atoms with Gasteiger partial charge in [-0.05, 0) is 52.9 Å². The highest BCUT2D eigenvalue weighted by Crippen LogP contribution is 2.07. The molecule has 1 atom stereocenters. The van der Waals surface area contributed by atoms with Gasteiger partial charge >= 0.3 is 0 Å². The number of likely N-dealkylation sites (tertiary alicyclic amines) is 1. The smallest absolute Gasteiger partial charge is 0.215 e. The van der Waals surface area contributed by atoms with Crippen LogP contribution in [0, 0.1) is 0 Å². The molecule has 17 heavy (non-hydrogen) atoms. The molecular formula is C11H25N3O2S. The summed E-state index contributed by atoms with van der Waals surface area (Å²) in [7, 11) is -1.39. The highest BCUT2D eigenvalue weighted by Gasteiger charge is 2.19. The van der Waals surface area contributed by atoms with E-state index in [0.29, 0.717) is 13.1 Å². The molecule has 0 bridgehead atoms. The lowest BCUT2D eigenvalue weighted by Gasteiger charge is -2.16. The number of nitrogens with zero attached hydrogens (tertiary/aromatic N) is 1. The molecule has 0 aromatic carbocycles. The molecule has 1 aliphatic heterocycles. The van der Waals surface area contributed by atoms with E-state index in [2.05, 4.69) is 14.9 Å². The zero-order valence-corrected chi connectivity index (χ0v) is 11.7. The number of nitrogens with one attached hydrogen (secondary N) is 2. The van der Waals surface area contributed by atoms with Crippen LogP contribution >= 0.6 is 0 Å². The predicted octanol–water partition coefficient (Wildman–Crippen LogP) is -0.000400. The minimum Gasteiger partial charge on any atom is -0.318 e. The molecule has 1 rings (SSSR count). The topological polar surface area (TPSA) is 61.4 Å². The lowest BCUT2D eigenvalue weighted by molar-refractivity contribution is 0.334. The standard InChI is InChI=1S/C11H25N3O2S/c1-11(10-12-2)17(15,16)13-6-5-9-14-7-3-4-8-14/h11-13H,3-10H2,1-2H3. The summed E-state index contributed by atoms with van der Waals surface area (Å²) in [5.41, 5.74) is 0. The fourth-order valence-electron chi connectivity index (χ4n) is 2.06. The molecule has 0 amide bonds. The van der Waals surface area contributed by atoms with Gasteiger partial charge in [0.2, 0.25) is 10.0 Å². The van der Waals surface area contributed by atoms with Crippen LogP contribution in [-0.2, 0) is 10.0 Å². The largest absolute Gasteiger partial charge is 0.318 e. The van der Waals surface area contributed by atoms with Crippen LogP contribution in [0.4, 0.5) is 0 Å². The Bertz CT molecular complexity index is 300. The van der Waals surface area contributed by atoms with Gasteiger partial charge in [-0.1, -0.05) is 0 Å². The van der Waals surface area contributed by atoms with Crippen LogP contribution in [0.2, 0.25) is 0 Å². The van der Waals surface area contributed by atoms with E-state index < -0.39 is 10.0 Å². The minimum absolute atomic E-state index is 0.376. The molecule has 1 unspecified atom stereocenters. The maximum atomic E-state index is 11.8. The van der Waals surface area contributed by atoms with E-state index in [1.807, 2.05) is 0 Å². The Morgan fingerprint density at radius 2 is 1.94 bits per heavy atom. The number of hydrogen-bond donors (Lipinski definition) is 2. The molecule has 6 heteroatoms. The first kappa shape index (κ1) is 14.9. The lowest BCUT2D eigenvalue weighted by Crippen LogP contribution is -2.39. The van der Waals surface area contributed by atoms with Crippen molar-refractivity contribution in [3.63, 3.8) is 0 Å². The van der Waals surface area contributed by atoms with Crippen molar-refractivity contribution in [2.75, 3.05) is 39.8 Å². The van der Waals surface area contributed by atoms with E-state index in [9.17, 15) is 8.42 Å². The summed E-state index contributed by atoms with van der Waals surface area (Å²) >= 11 is 0. The molecule has 102 valence electrons. The number of sulfonamides is 1. The highest BCUT2D eigenvalue weighted by atomic mass is 32.2. The van der Waals surface area contributed by atoms with Crippen LogP contribution < -0.4 is 10.0 Å². The van der Waals surface area contributed by atoms with Crippen LogP contribution in [0.15, 0.2) is 0 Å². The van der Waals surface area contributed by atoms with Gasteiger partial charge in [-0.3, -0.25) is 0 Å². The van der Waals surface area contributed by atoms with Crippen LogP contribution in [-0.4, -0.2) is 58.3 Å². The zero-order valence-electron chi connectivity index (χ0n) is 10.9. The van der Waals surface area contributed by atoms with Crippen LogP contribution in [0.5, 0.6) is 0 Å². The molecule has 5 nitrogen and oxygen atoms in total. The van der Waals surface area contributed by atoms with Crippen molar-refractivity contribution in [3.8, 4) is 0 Å². The molecule has 0 aromatic heterocycles. The maximum absolute atomic E-state index is 11.8. The summed E-state index contributed by atoms with van der Waals surface area (Å²) in [4.78, 5) is 2.39. The molecule has 1 heterocycles. The van der Waals surface area contributed by atoms with Gasteiger partial charge in [0.1, 0.15) is 0 Å². The second-order valence-corrected chi connectivity index (χ2v) is 6.89. The lowest BCUT2D eigenvalue weighted by atomic mass is 10.4. The fraction of sp³-hybridized carbons (Fsp3) is 1.00. The van der Waals surface area contributed by atoms with Crippen molar-refractivity contribution in [1.82, 2.24) is 14.9 Å². The number of hydrogen-bond acceptors (Lipinski definition) is 4. The third-order valence-corrected chi connectivity index (χ3v) is 5.01. The molecule has 1 aliphatic rings. The third-order valence-electron chi connectivity index (χ3n) is 3.17. The average molecular weight is 263 g/mol. The van der Waals surface area contributed by atoms with E-state index >= 15 is 0 Å². The van der Waals surface area contributed by atoms with Crippen molar-refractivity contribution in [2.24, 2.45) is 0 Å². The Morgan fingerprint density at radius 1 is 1.29 bits per heavy atom. The summed E-state index contributed by atoms with van der Waals surface area (Å²) in [5, 5.41) is 2.51. The third kappa shape index (κ3) is 5.33. The van der Waals surface area contributed by atoms with Gasteiger partial charge in [0.25, 0.3) is 0 Å². The van der Waals surface area contributed by atoms with Gasteiger partial charge in [0.15, 0.2) is 0 Å². The van der Waals surface area contributed by atoms with E-state index in [0.717, 1.165) is 13.0 Å². The second-order valence-electron chi connectivity index (χ2n) is 4.71. The van der Waals surface area contributed by atoms with Gasteiger partial charge in [-0.25, -0.2) is 13.1 Å². The normalized spacial score (nSPS) is 19.6. The SMILES string of the molecule is CNCC(C)S(=O)(=O)NCCCN1CCCC1. The fourth-order valence-corrected chi connectivity index (χ4v) is 3.16. The van der Waals surface area contributed by atoms with Crippen molar-refractivity contribution >= 4 is 10.0 Å². The summed E-state index contributed by atoms with van der Waals surface area (Å²) in [6.45, 7) is 6.10. The monoisotopic (exact) mass is 263 g/mol.